The Hall–Kier alpha value is -2.13. The van der Waals surface area contributed by atoms with E-state index in [0.717, 1.165) is 30.6 Å². The van der Waals surface area contributed by atoms with Crippen molar-refractivity contribution in [2.75, 3.05) is 6.61 Å². The summed E-state index contributed by atoms with van der Waals surface area (Å²) in [4.78, 5) is 12.5. The number of hydrogen-bond acceptors (Lipinski definition) is 3. The third-order valence-electron chi connectivity index (χ3n) is 4.24. The van der Waals surface area contributed by atoms with Gasteiger partial charge in [-0.05, 0) is 30.5 Å². The van der Waals surface area contributed by atoms with Crippen LogP contribution in [0.5, 0.6) is 5.75 Å². The zero-order valence-corrected chi connectivity index (χ0v) is 12.4. The SMILES string of the molecule is O=C(CC(c1ccc(O)cc1)C1CCCO1)c1ccccc1. The van der Waals surface area contributed by atoms with E-state index in [0.29, 0.717) is 6.42 Å². The van der Waals surface area contributed by atoms with E-state index in [4.69, 9.17) is 4.74 Å². The normalized spacial score (nSPS) is 19.0. The minimum absolute atomic E-state index is 0.0378. The number of phenolic OH excluding ortho intramolecular Hbond substituents is 1. The summed E-state index contributed by atoms with van der Waals surface area (Å²) < 4.78 is 5.82. The first-order chi connectivity index (χ1) is 10.7. The molecule has 1 N–H and O–H groups in total. The van der Waals surface area contributed by atoms with Crippen molar-refractivity contribution in [2.45, 2.75) is 31.3 Å². The van der Waals surface area contributed by atoms with Gasteiger partial charge in [-0.3, -0.25) is 4.79 Å². The Morgan fingerprint density at radius 2 is 1.86 bits per heavy atom. The van der Waals surface area contributed by atoms with Crippen LogP contribution in [0.2, 0.25) is 0 Å². The number of hydrogen-bond donors (Lipinski definition) is 1. The van der Waals surface area contributed by atoms with Crippen LogP contribution in [-0.2, 0) is 4.74 Å². The summed E-state index contributed by atoms with van der Waals surface area (Å²) in [6.07, 6.45) is 2.53. The monoisotopic (exact) mass is 296 g/mol. The van der Waals surface area contributed by atoms with E-state index in [2.05, 4.69) is 0 Å². The molecule has 2 aromatic rings. The number of ketones is 1. The Morgan fingerprint density at radius 3 is 2.50 bits per heavy atom. The Bertz CT molecular complexity index is 613. The molecule has 1 saturated heterocycles. The van der Waals surface area contributed by atoms with Crippen molar-refractivity contribution < 1.29 is 14.6 Å². The highest BCUT2D eigenvalue weighted by Crippen LogP contribution is 2.33. The molecule has 0 spiro atoms. The summed E-state index contributed by atoms with van der Waals surface area (Å²) in [5.74, 6) is 0.411. The van der Waals surface area contributed by atoms with Crippen LogP contribution in [0.4, 0.5) is 0 Å². The van der Waals surface area contributed by atoms with Gasteiger partial charge in [-0.2, -0.15) is 0 Å². The quantitative estimate of drug-likeness (QED) is 0.850. The van der Waals surface area contributed by atoms with Crippen molar-refractivity contribution in [3.05, 3.63) is 65.7 Å². The first-order valence-corrected chi connectivity index (χ1v) is 7.73. The van der Waals surface area contributed by atoms with Crippen molar-refractivity contribution in [1.29, 1.82) is 0 Å². The van der Waals surface area contributed by atoms with Crippen molar-refractivity contribution in [1.82, 2.24) is 0 Å². The van der Waals surface area contributed by atoms with Crippen molar-refractivity contribution in [2.24, 2.45) is 0 Å². The molecule has 1 aliphatic heterocycles. The lowest BCUT2D eigenvalue weighted by molar-refractivity contribution is 0.0758. The number of carbonyl (C=O) groups is 1. The molecule has 0 aliphatic carbocycles. The van der Waals surface area contributed by atoms with Gasteiger partial charge in [0.1, 0.15) is 5.75 Å². The molecular formula is C19H20O3. The van der Waals surface area contributed by atoms with Crippen LogP contribution >= 0.6 is 0 Å². The van der Waals surface area contributed by atoms with Crippen LogP contribution in [0.3, 0.4) is 0 Å². The molecule has 114 valence electrons. The second kappa shape index (κ2) is 6.75. The summed E-state index contributed by atoms with van der Waals surface area (Å²) in [6, 6.07) is 16.5. The van der Waals surface area contributed by atoms with Crippen LogP contribution in [0.15, 0.2) is 54.6 Å². The van der Waals surface area contributed by atoms with Gasteiger partial charge in [0.25, 0.3) is 0 Å². The molecule has 1 fully saturated rings. The third-order valence-corrected chi connectivity index (χ3v) is 4.24. The van der Waals surface area contributed by atoms with E-state index in [1.807, 2.05) is 42.5 Å². The number of phenols is 1. The van der Waals surface area contributed by atoms with Gasteiger partial charge < -0.3 is 9.84 Å². The number of benzene rings is 2. The van der Waals surface area contributed by atoms with Gasteiger partial charge in [0.2, 0.25) is 0 Å². The third kappa shape index (κ3) is 3.37. The smallest absolute Gasteiger partial charge is 0.163 e. The maximum absolute atomic E-state index is 12.5. The fourth-order valence-corrected chi connectivity index (χ4v) is 3.05. The van der Waals surface area contributed by atoms with Gasteiger partial charge in [-0.1, -0.05) is 42.5 Å². The van der Waals surface area contributed by atoms with E-state index in [9.17, 15) is 9.90 Å². The highest BCUT2D eigenvalue weighted by atomic mass is 16.5. The number of Topliss-reactive ketones (excluding diaryl/α,β-unsaturated/α-hetero) is 1. The highest BCUT2D eigenvalue weighted by molar-refractivity contribution is 5.96. The predicted octanol–water partition coefficient (Wildman–Crippen LogP) is 3.93. The van der Waals surface area contributed by atoms with Gasteiger partial charge in [0.05, 0.1) is 6.10 Å². The van der Waals surface area contributed by atoms with Gasteiger partial charge in [0, 0.05) is 24.5 Å². The Kier molecular flexibility index (Phi) is 4.54. The second-order valence-electron chi connectivity index (χ2n) is 5.74. The van der Waals surface area contributed by atoms with Crippen molar-refractivity contribution in [3.63, 3.8) is 0 Å². The molecule has 0 aromatic heterocycles. The fraction of sp³-hybridized carbons (Fsp3) is 0.316. The molecule has 0 saturated carbocycles. The van der Waals surface area contributed by atoms with E-state index >= 15 is 0 Å². The topological polar surface area (TPSA) is 46.5 Å². The lowest BCUT2D eigenvalue weighted by Crippen LogP contribution is -2.21. The molecule has 2 atom stereocenters. The molecule has 0 bridgehead atoms. The summed E-state index contributed by atoms with van der Waals surface area (Å²) in [6.45, 7) is 0.763. The Labute approximate surface area is 130 Å². The molecule has 0 radical (unpaired) electrons. The Balaban J connectivity index is 1.82. The van der Waals surface area contributed by atoms with Crippen molar-refractivity contribution in [3.8, 4) is 5.75 Å². The van der Waals surface area contributed by atoms with Crippen LogP contribution in [0, 0.1) is 0 Å². The zero-order chi connectivity index (χ0) is 15.4. The number of aromatic hydroxyl groups is 1. The average Bonchev–Trinajstić information content (AvgIpc) is 3.08. The van der Waals surface area contributed by atoms with Crippen LogP contribution < -0.4 is 0 Å². The molecule has 2 aromatic carbocycles. The summed E-state index contributed by atoms with van der Waals surface area (Å²) in [5, 5.41) is 9.47. The molecule has 1 heterocycles. The lowest BCUT2D eigenvalue weighted by atomic mass is 9.86. The fourth-order valence-electron chi connectivity index (χ4n) is 3.05. The van der Waals surface area contributed by atoms with E-state index in [1.54, 1.807) is 12.1 Å². The van der Waals surface area contributed by atoms with E-state index in [-0.39, 0.29) is 23.6 Å². The maximum atomic E-state index is 12.5. The minimum atomic E-state index is 0.0378. The molecule has 3 heteroatoms. The summed E-state index contributed by atoms with van der Waals surface area (Å²) in [7, 11) is 0. The standard InChI is InChI=1S/C19H20O3/c20-16-10-8-14(9-11-16)17(19-7-4-12-22-19)13-18(21)15-5-2-1-3-6-15/h1-3,5-6,8-11,17,19-20H,4,7,12-13H2. The predicted molar refractivity (Wildman–Crippen MR) is 85.2 cm³/mol. The maximum Gasteiger partial charge on any atom is 0.163 e. The molecule has 0 amide bonds. The lowest BCUT2D eigenvalue weighted by Gasteiger charge is -2.23. The second-order valence-corrected chi connectivity index (χ2v) is 5.74. The molecule has 22 heavy (non-hydrogen) atoms. The van der Waals surface area contributed by atoms with E-state index < -0.39 is 0 Å². The first kappa shape index (κ1) is 14.8. The van der Waals surface area contributed by atoms with Gasteiger partial charge in [-0.25, -0.2) is 0 Å². The Morgan fingerprint density at radius 1 is 1.14 bits per heavy atom. The number of rotatable bonds is 5. The van der Waals surface area contributed by atoms with Crippen molar-refractivity contribution >= 4 is 5.78 Å². The highest BCUT2D eigenvalue weighted by Gasteiger charge is 2.29. The number of ether oxygens (including phenoxy) is 1. The zero-order valence-electron chi connectivity index (χ0n) is 12.4. The van der Waals surface area contributed by atoms with Gasteiger partial charge in [-0.15, -0.1) is 0 Å². The molecule has 2 unspecified atom stereocenters. The number of carbonyl (C=O) groups excluding carboxylic acids is 1. The first-order valence-electron chi connectivity index (χ1n) is 7.73. The van der Waals surface area contributed by atoms with Gasteiger partial charge in [0.15, 0.2) is 5.78 Å². The minimum Gasteiger partial charge on any atom is -0.508 e. The summed E-state index contributed by atoms with van der Waals surface area (Å²) >= 11 is 0. The van der Waals surface area contributed by atoms with Crippen LogP contribution in [-0.4, -0.2) is 23.6 Å². The molecular weight excluding hydrogens is 276 g/mol. The van der Waals surface area contributed by atoms with E-state index in [1.165, 1.54) is 0 Å². The molecule has 1 aliphatic rings. The largest absolute Gasteiger partial charge is 0.508 e. The molecule has 3 rings (SSSR count). The van der Waals surface area contributed by atoms with Crippen LogP contribution in [0.1, 0.15) is 41.1 Å². The van der Waals surface area contributed by atoms with Gasteiger partial charge >= 0.3 is 0 Å². The van der Waals surface area contributed by atoms with Crippen LogP contribution in [0.25, 0.3) is 0 Å². The average molecular weight is 296 g/mol. The summed E-state index contributed by atoms with van der Waals surface area (Å²) in [5.41, 5.74) is 1.79. The molecule has 3 nitrogen and oxygen atoms in total.